The lowest BCUT2D eigenvalue weighted by Gasteiger charge is -2.41. The van der Waals surface area contributed by atoms with Crippen molar-refractivity contribution in [1.82, 2.24) is 9.80 Å². The summed E-state index contributed by atoms with van der Waals surface area (Å²) < 4.78 is 37.9. The van der Waals surface area contributed by atoms with Crippen molar-refractivity contribution in [3.05, 3.63) is 35.4 Å². The summed E-state index contributed by atoms with van der Waals surface area (Å²) in [5.41, 5.74) is -1.05. The highest BCUT2D eigenvalue weighted by Crippen LogP contribution is 2.29. The number of halogens is 3. The topological polar surface area (TPSA) is 43.8 Å². The number of amides is 1. The standard InChI is InChI=1S/C19H25F3N2O2/c20-19(21,22)16-6-4-15(5-7-16)12-17(25)24-11-3-8-18(26,14-24)13-23-9-1-2-10-23/h4-7,26H,1-3,8-14H2/t18-/m0/s1. The van der Waals surface area contributed by atoms with Gasteiger partial charge in [-0.3, -0.25) is 4.79 Å². The number of hydrogen-bond acceptors (Lipinski definition) is 3. The molecule has 0 radical (unpaired) electrons. The molecular weight excluding hydrogens is 345 g/mol. The van der Waals surface area contributed by atoms with E-state index in [1.807, 2.05) is 0 Å². The molecule has 2 aliphatic rings. The van der Waals surface area contributed by atoms with Crippen LogP contribution in [0.1, 0.15) is 36.8 Å². The van der Waals surface area contributed by atoms with E-state index in [0.29, 0.717) is 31.6 Å². The fourth-order valence-corrected chi connectivity index (χ4v) is 3.91. The molecule has 2 saturated heterocycles. The van der Waals surface area contributed by atoms with Gasteiger partial charge in [0.2, 0.25) is 5.91 Å². The number of β-amino-alcohol motifs (C(OH)–C–C–N with tert-alkyl or cyclic N) is 1. The molecular formula is C19H25F3N2O2. The zero-order valence-electron chi connectivity index (χ0n) is 14.8. The third-order valence-electron chi connectivity index (χ3n) is 5.26. The van der Waals surface area contributed by atoms with Gasteiger partial charge in [-0.1, -0.05) is 12.1 Å². The average molecular weight is 370 g/mol. The lowest BCUT2D eigenvalue weighted by molar-refractivity contribution is -0.138. The van der Waals surface area contributed by atoms with Gasteiger partial charge in [-0.2, -0.15) is 13.2 Å². The second kappa shape index (κ2) is 7.56. The minimum Gasteiger partial charge on any atom is -0.387 e. The first kappa shape index (κ1) is 19.2. The number of likely N-dealkylation sites (tertiary alicyclic amines) is 2. The van der Waals surface area contributed by atoms with Crippen LogP contribution >= 0.6 is 0 Å². The van der Waals surface area contributed by atoms with Crippen LogP contribution in [0, 0.1) is 0 Å². The Hall–Kier alpha value is -1.60. The van der Waals surface area contributed by atoms with Gasteiger partial charge in [-0.05, 0) is 56.5 Å². The van der Waals surface area contributed by atoms with Crippen LogP contribution in [0.25, 0.3) is 0 Å². The van der Waals surface area contributed by atoms with E-state index in [2.05, 4.69) is 4.90 Å². The number of carbonyl (C=O) groups excluding carboxylic acids is 1. The number of aliphatic hydroxyl groups is 1. The Labute approximate surface area is 151 Å². The van der Waals surface area contributed by atoms with E-state index >= 15 is 0 Å². The Balaban J connectivity index is 1.58. The first-order valence-electron chi connectivity index (χ1n) is 9.14. The quantitative estimate of drug-likeness (QED) is 0.886. The summed E-state index contributed by atoms with van der Waals surface area (Å²) in [4.78, 5) is 16.4. The third-order valence-corrected chi connectivity index (χ3v) is 5.26. The molecule has 0 spiro atoms. The molecule has 1 atom stereocenters. The number of piperidine rings is 1. The minimum atomic E-state index is -4.37. The normalized spacial score (nSPS) is 24.8. The molecule has 0 saturated carbocycles. The molecule has 0 aliphatic carbocycles. The Morgan fingerprint density at radius 1 is 1.08 bits per heavy atom. The van der Waals surface area contributed by atoms with Crippen LogP contribution in [-0.2, 0) is 17.4 Å². The number of alkyl halides is 3. The Morgan fingerprint density at radius 3 is 2.35 bits per heavy atom. The molecule has 0 unspecified atom stereocenters. The van der Waals surface area contributed by atoms with Gasteiger partial charge in [0.25, 0.3) is 0 Å². The number of carbonyl (C=O) groups is 1. The fourth-order valence-electron chi connectivity index (χ4n) is 3.91. The lowest BCUT2D eigenvalue weighted by Crippen LogP contribution is -2.55. The van der Waals surface area contributed by atoms with Gasteiger partial charge in [0, 0.05) is 13.1 Å². The molecule has 3 rings (SSSR count). The van der Waals surface area contributed by atoms with Gasteiger partial charge in [0.1, 0.15) is 0 Å². The highest BCUT2D eigenvalue weighted by molar-refractivity contribution is 5.79. The summed E-state index contributed by atoms with van der Waals surface area (Å²) >= 11 is 0. The summed E-state index contributed by atoms with van der Waals surface area (Å²) in [5.74, 6) is -0.149. The molecule has 1 aromatic rings. The van der Waals surface area contributed by atoms with E-state index in [9.17, 15) is 23.1 Å². The van der Waals surface area contributed by atoms with Crippen LogP contribution in [0.3, 0.4) is 0 Å². The average Bonchev–Trinajstić information content (AvgIpc) is 3.06. The molecule has 4 nitrogen and oxygen atoms in total. The van der Waals surface area contributed by atoms with Crippen molar-refractivity contribution < 1.29 is 23.1 Å². The molecule has 2 fully saturated rings. The van der Waals surface area contributed by atoms with Crippen molar-refractivity contribution in [3.8, 4) is 0 Å². The van der Waals surface area contributed by atoms with Crippen LogP contribution in [0.4, 0.5) is 13.2 Å². The lowest BCUT2D eigenvalue weighted by atomic mass is 9.91. The molecule has 1 amide bonds. The Morgan fingerprint density at radius 2 is 1.73 bits per heavy atom. The molecule has 2 heterocycles. The second-order valence-electron chi connectivity index (χ2n) is 7.50. The summed E-state index contributed by atoms with van der Waals surface area (Å²) in [5, 5.41) is 10.9. The van der Waals surface area contributed by atoms with Gasteiger partial charge >= 0.3 is 6.18 Å². The number of nitrogens with zero attached hydrogens (tertiary/aromatic N) is 2. The summed E-state index contributed by atoms with van der Waals surface area (Å²) in [6.07, 6.45) is -0.616. The predicted molar refractivity (Wildman–Crippen MR) is 91.6 cm³/mol. The maximum Gasteiger partial charge on any atom is 0.416 e. The molecule has 0 bridgehead atoms. The zero-order valence-corrected chi connectivity index (χ0v) is 14.8. The largest absolute Gasteiger partial charge is 0.416 e. The van der Waals surface area contributed by atoms with Gasteiger partial charge < -0.3 is 14.9 Å². The van der Waals surface area contributed by atoms with E-state index in [4.69, 9.17) is 0 Å². The van der Waals surface area contributed by atoms with Crippen molar-refractivity contribution in [2.75, 3.05) is 32.7 Å². The van der Waals surface area contributed by atoms with Crippen molar-refractivity contribution >= 4 is 5.91 Å². The maximum absolute atomic E-state index is 12.6. The van der Waals surface area contributed by atoms with Gasteiger partial charge in [-0.15, -0.1) is 0 Å². The summed E-state index contributed by atoms with van der Waals surface area (Å²) in [7, 11) is 0. The zero-order chi connectivity index (χ0) is 18.8. The van der Waals surface area contributed by atoms with Crippen LogP contribution in [0.2, 0.25) is 0 Å². The Bertz CT molecular complexity index is 627. The van der Waals surface area contributed by atoms with Crippen LogP contribution < -0.4 is 0 Å². The molecule has 7 heteroatoms. The molecule has 0 aromatic heterocycles. The molecule has 2 aliphatic heterocycles. The third kappa shape index (κ3) is 4.76. The molecule has 144 valence electrons. The summed E-state index contributed by atoms with van der Waals surface area (Å²) in [6.45, 7) is 3.44. The monoisotopic (exact) mass is 370 g/mol. The predicted octanol–water partition coefficient (Wildman–Crippen LogP) is 2.70. The van der Waals surface area contributed by atoms with Crippen molar-refractivity contribution in [2.24, 2.45) is 0 Å². The minimum absolute atomic E-state index is 0.0535. The summed E-state index contributed by atoms with van der Waals surface area (Å²) in [6, 6.07) is 4.70. The molecule has 1 N–H and O–H groups in total. The van der Waals surface area contributed by atoms with E-state index in [1.165, 1.54) is 12.1 Å². The highest BCUT2D eigenvalue weighted by Gasteiger charge is 2.37. The first-order chi connectivity index (χ1) is 12.3. The highest BCUT2D eigenvalue weighted by atomic mass is 19.4. The van der Waals surface area contributed by atoms with E-state index in [0.717, 1.165) is 44.5 Å². The van der Waals surface area contributed by atoms with Crippen LogP contribution in [0.15, 0.2) is 24.3 Å². The molecule has 1 aromatic carbocycles. The van der Waals surface area contributed by atoms with Crippen molar-refractivity contribution in [2.45, 2.75) is 43.9 Å². The Kier molecular flexibility index (Phi) is 5.58. The van der Waals surface area contributed by atoms with Crippen molar-refractivity contribution in [1.29, 1.82) is 0 Å². The van der Waals surface area contributed by atoms with Gasteiger partial charge in [-0.25, -0.2) is 0 Å². The van der Waals surface area contributed by atoms with Crippen LogP contribution in [-0.4, -0.2) is 59.1 Å². The number of rotatable bonds is 4. The first-order valence-corrected chi connectivity index (χ1v) is 9.14. The SMILES string of the molecule is O=C(Cc1ccc(C(F)(F)F)cc1)N1CCC[C@](O)(CN2CCCC2)C1. The van der Waals surface area contributed by atoms with Crippen molar-refractivity contribution in [3.63, 3.8) is 0 Å². The van der Waals surface area contributed by atoms with Gasteiger partial charge in [0.05, 0.1) is 24.1 Å². The molecule has 26 heavy (non-hydrogen) atoms. The number of hydrogen-bond donors (Lipinski definition) is 1. The van der Waals surface area contributed by atoms with Gasteiger partial charge in [0.15, 0.2) is 0 Å². The van der Waals surface area contributed by atoms with E-state index < -0.39 is 17.3 Å². The van der Waals surface area contributed by atoms with E-state index in [1.54, 1.807) is 4.90 Å². The number of benzene rings is 1. The van der Waals surface area contributed by atoms with E-state index in [-0.39, 0.29) is 12.3 Å². The smallest absolute Gasteiger partial charge is 0.387 e. The second-order valence-corrected chi connectivity index (χ2v) is 7.50. The fraction of sp³-hybridized carbons (Fsp3) is 0.632. The maximum atomic E-state index is 12.6. The van der Waals surface area contributed by atoms with Crippen LogP contribution in [0.5, 0.6) is 0 Å².